The summed E-state index contributed by atoms with van der Waals surface area (Å²) in [5, 5.41) is 0.416. The third-order valence-electron chi connectivity index (χ3n) is 2.51. The van der Waals surface area contributed by atoms with Gasteiger partial charge < -0.3 is 4.74 Å². The maximum absolute atomic E-state index is 5.91. The number of rotatable bonds is 2. The number of aromatic nitrogens is 2. The minimum absolute atomic E-state index is 0.416. The zero-order chi connectivity index (χ0) is 12.4. The van der Waals surface area contributed by atoms with Crippen molar-refractivity contribution in [1.29, 1.82) is 0 Å². The van der Waals surface area contributed by atoms with Gasteiger partial charge in [0.25, 0.3) is 0 Å². The quantitative estimate of drug-likeness (QED) is 0.758. The van der Waals surface area contributed by atoms with Crippen molar-refractivity contribution in [3.8, 4) is 11.6 Å². The second-order valence-electron chi connectivity index (χ2n) is 3.97. The van der Waals surface area contributed by atoms with Gasteiger partial charge in [0.1, 0.15) is 17.2 Å². The van der Waals surface area contributed by atoms with E-state index in [4.69, 9.17) is 16.3 Å². The van der Waals surface area contributed by atoms with Crippen molar-refractivity contribution in [3.63, 3.8) is 0 Å². The van der Waals surface area contributed by atoms with E-state index in [0.29, 0.717) is 11.0 Å². The highest BCUT2D eigenvalue weighted by molar-refractivity contribution is 6.30. The van der Waals surface area contributed by atoms with E-state index in [2.05, 4.69) is 16.0 Å². The van der Waals surface area contributed by atoms with Gasteiger partial charge in [0.2, 0.25) is 5.88 Å². The lowest BCUT2D eigenvalue weighted by molar-refractivity contribution is 0.454. The molecule has 0 radical (unpaired) electrons. The molecule has 0 spiro atoms. The van der Waals surface area contributed by atoms with Crippen LogP contribution >= 0.6 is 11.6 Å². The van der Waals surface area contributed by atoms with Crippen LogP contribution in [0.25, 0.3) is 0 Å². The Morgan fingerprint density at radius 1 is 1.12 bits per heavy atom. The highest BCUT2D eigenvalue weighted by Crippen LogP contribution is 2.28. The van der Waals surface area contributed by atoms with E-state index >= 15 is 0 Å². The van der Waals surface area contributed by atoms with Crippen molar-refractivity contribution >= 4 is 11.6 Å². The van der Waals surface area contributed by atoms with Crippen LogP contribution in [0.2, 0.25) is 5.15 Å². The van der Waals surface area contributed by atoms with E-state index in [-0.39, 0.29) is 0 Å². The smallest absolute Gasteiger partial charge is 0.226 e. The Hall–Kier alpha value is -1.61. The molecule has 0 saturated heterocycles. The predicted molar refractivity (Wildman–Crippen MR) is 67.8 cm³/mol. The molecule has 0 aliphatic rings. The molecule has 0 bridgehead atoms. The molecule has 4 heteroatoms. The molecule has 0 N–H and O–H groups in total. The third kappa shape index (κ3) is 2.56. The summed E-state index contributed by atoms with van der Waals surface area (Å²) >= 11 is 5.91. The molecule has 0 unspecified atom stereocenters. The van der Waals surface area contributed by atoms with Gasteiger partial charge in [0.05, 0.1) is 0 Å². The van der Waals surface area contributed by atoms with Crippen LogP contribution in [0.1, 0.15) is 16.7 Å². The topological polar surface area (TPSA) is 35.0 Å². The third-order valence-corrected chi connectivity index (χ3v) is 2.89. The normalized spacial score (nSPS) is 10.4. The van der Waals surface area contributed by atoms with Crippen molar-refractivity contribution < 1.29 is 4.74 Å². The molecule has 88 valence electrons. The standard InChI is InChI=1S/C13H13ClN2O/c1-8-4-5-11(9(2)6-8)17-13-10(3)12(14)15-7-16-13/h4-7H,1-3H3. The lowest BCUT2D eigenvalue weighted by Crippen LogP contribution is -1.95. The Labute approximate surface area is 105 Å². The van der Waals surface area contributed by atoms with Crippen LogP contribution in [0.4, 0.5) is 0 Å². The second-order valence-corrected chi connectivity index (χ2v) is 4.32. The maximum Gasteiger partial charge on any atom is 0.226 e. The van der Waals surface area contributed by atoms with Gasteiger partial charge in [0, 0.05) is 5.56 Å². The first-order chi connectivity index (χ1) is 8.08. The van der Waals surface area contributed by atoms with E-state index in [1.165, 1.54) is 11.9 Å². The molecular formula is C13H13ClN2O. The van der Waals surface area contributed by atoms with Crippen LogP contribution < -0.4 is 4.74 Å². The lowest BCUT2D eigenvalue weighted by atomic mass is 10.1. The molecule has 0 aliphatic heterocycles. The molecule has 0 saturated carbocycles. The molecule has 0 atom stereocenters. The number of benzene rings is 1. The Morgan fingerprint density at radius 3 is 2.59 bits per heavy atom. The number of ether oxygens (including phenoxy) is 1. The summed E-state index contributed by atoms with van der Waals surface area (Å²) in [6, 6.07) is 5.99. The second kappa shape index (κ2) is 4.72. The van der Waals surface area contributed by atoms with Crippen LogP contribution in [0.3, 0.4) is 0 Å². The van der Waals surface area contributed by atoms with Crippen molar-refractivity contribution in [2.24, 2.45) is 0 Å². The first-order valence-electron chi connectivity index (χ1n) is 5.30. The molecule has 1 aromatic carbocycles. The fraction of sp³-hybridized carbons (Fsp3) is 0.231. The van der Waals surface area contributed by atoms with Gasteiger partial charge in [-0.25, -0.2) is 9.97 Å². The fourth-order valence-corrected chi connectivity index (χ4v) is 1.66. The molecule has 3 nitrogen and oxygen atoms in total. The van der Waals surface area contributed by atoms with Gasteiger partial charge in [-0.2, -0.15) is 0 Å². The van der Waals surface area contributed by atoms with Crippen LogP contribution in [0.15, 0.2) is 24.5 Å². The minimum Gasteiger partial charge on any atom is -0.438 e. The summed E-state index contributed by atoms with van der Waals surface area (Å²) in [7, 11) is 0. The largest absolute Gasteiger partial charge is 0.438 e. The summed E-state index contributed by atoms with van der Waals surface area (Å²) in [5.74, 6) is 1.28. The van der Waals surface area contributed by atoms with Crippen LogP contribution in [-0.4, -0.2) is 9.97 Å². The number of nitrogens with zero attached hydrogens (tertiary/aromatic N) is 2. The lowest BCUT2D eigenvalue weighted by Gasteiger charge is -2.10. The monoisotopic (exact) mass is 248 g/mol. The molecule has 0 fully saturated rings. The van der Waals surface area contributed by atoms with Crippen molar-refractivity contribution in [2.75, 3.05) is 0 Å². The number of hydrogen-bond donors (Lipinski definition) is 0. The summed E-state index contributed by atoms with van der Waals surface area (Å²) < 4.78 is 5.74. The Morgan fingerprint density at radius 2 is 1.88 bits per heavy atom. The zero-order valence-corrected chi connectivity index (χ0v) is 10.7. The van der Waals surface area contributed by atoms with E-state index in [9.17, 15) is 0 Å². The van der Waals surface area contributed by atoms with Crippen LogP contribution in [0, 0.1) is 20.8 Å². The molecule has 2 aromatic rings. The zero-order valence-electron chi connectivity index (χ0n) is 9.99. The first kappa shape index (κ1) is 11.9. The number of aryl methyl sites for hydroxylation is 2. The Balaban J connectivity index is 2.35. The Kier molecular flexibility index (Phi) is 3.29. The maximum atomic E-state index is 5.91. The van der Waals surface area contributed by atoms with Gasteiger partial charge >= 0.3 is 0 Å². The highest BCUT2D eigenvalue weighted by Gasteiger charge is 2.08. The SMILES string of the molecule is Cc1ccc(Oc2ncnc(Cl)c2C)c(C)c1. The number of halogens is 1. The summed E-state index contributed by atoms with van der Waals surface area (Å²) in [5.41, 5.74) is 3.01. The summed E-state index contributed by atoms with van der Waals surface area (Å²) in [6.07, 6.45) is 1.40. The van der Waals surface area contributed by atoms with Crippen molar-refractivity contribution in [3.05, 3.63) is 46.4 Å². The Bertz CT molecular complexity index is 555. The molecule has 0 amide bonds. The van der Waals surface area contributed by atoms with E-state index in [1.54, 1.807) is 0 Å². The van der Waals surface area contributed by atoms with E-state index in [1.807, 2.05) is 32.9 Å². The van der Waals surface area contributed by atoms with Crippen molar-refractivity contribution in [2.45, 2.75) is 20.8 Å². The molecule has 0 aliphatic carbocycles. The molecule has 17 heavy (non-hydrogen) atoms. The van der Waals surface area contributed by atoms with Crippen LogP contribution in [0.5, 0.6) is 11.6 Å². The average molecular weight is 249 g/mol. The summed E-state index contributed by atoms with van der Waals surface area (Å²) in [6.45, 7) is 5.88. The molecule has 2 rings (SSSR count). The minimum atomic E-state index is 0.416. The molecule has 1 heterocycles. The van der Waals surface area contributed by atoms with Gasteiger partial charge in [0.15, 0.2) is 0 Å². The van der Waals surface area contributed by atoms with E-state index in [0.717, 1.165) is 16.9 Å². The van der Waals surface area contributed by atoms with E-state index < -0.39 is 0 Å². The summed E-state index contributed by atoms with van der Waals surface area (Å²) in [4.78, 5) is 7.97. The fourth-order valence-electron chi connectivity index (χ4n) is 1.53. The van der Waals surface area contributed by atoms with Gasteiger partial charge in [-0.3, -0.25) is 0 Å². The first-order valence-corrected chi connectivity index (χ1v) is 5.68. The highest BCUT2D eigenvalue weighted by atomic mass is 35.5. The molecule has 1 aromatic heterocycles. The van der Waals surface area contributed by atoms with Crippen LogP contribution in [-0.2, 0) is 0 Å². The predicted octanol–water partition coefficient (Wildman–Crippen LogP) is 3.85. The number of hydrogen-bond acceptors (Lipinski definition) is 3. The van der Waals surface area contributed by atoms with Gasteiger partial charge in [-0.15, -0.1) is 0 Å². The van der Waals surface area contributed by atoms with Gasteiger partial charge in [-0.1, -0.05) is 29.3 Å². The molecular weight excluding hydrogens is 236 g/mol. The van der Waals surface area contributed by atoms with Crippen molar-refractivity contribution in [1.82, 2.24) is 9.97 Å². The van der Waals surface area contributed by atoms with Gasteiger partial charge in [-0.05, 0) is 32.4 Å². The average Bonchev–Trinajstić information content (AvgIpc) is 2.28.